The third-order valence-corrected chi connectivity index (χ3v) is 5.03. The summed E-state index contributed by atoms with van der Waals surface area (Å²) in [5.41, 5.74) is 0.923. The summed E-state index contributed by atoms with van der Waals surface area (Å²) >= 11 is 0. The second-order valence-electron chi connectivity index (χ2n) is 6.48. The van der Waals surface area contributed by atoms with E-state index in [-0.39, 0.29) is 11.7 Å². The molecule has 1 aromatic carbocycles. The molecule has 114 valence electrons. The van der Waals surface area contributed by atoms with Gasteiger partial charge in [-0.15, -0.1) is 5.10 Å². The Kier molecular flexibility index (Phi) is 3.21. The SMILES string of the molecule is Cc1nc(C(=O)N[C@H]2C[C@H]3CC[C@H]2C3)nn1-c1ccccc1. The van der Waals surface area contributed by atoms with Crippen molar-refractivity contribution in [2.24, 2.45) is 11.8 Å². The predicted octanol–water partition coefficient (Wildman–Crippen LogP) is 2.49. The number of benzene rings is 1. The van der Waals surface area contributed by atoms with Crippen LogP contribution < -0.4 is 5.32 Å². The number of fused-ring (bicyclic) bond motifs is 2. The maximum atomic E-state index is 12.4. The molecule has 0 radical (unpaired) electrons. The first kappa shape index (κ1) is 13.5. The molecule has 1 amide bonds. The van der Waals surface area contributed by atoms with E-state index >= 15 is 0 Å². The Morgan fingerprint density at radius 1 is 1.23 bits per heavy atom. The highest BCUT2D eigenvalue weighted by Crippen LogP contribution is 2.44. The maximum Gasteiger partial charge on any atom is 0.291 e. The third-order valence-electron chi connectivity index (χ3n) is 5.03. The van der Waals surface area contributed by atoms with Gasteiger partial charge < -0.3 is 5.32 Å². The molecular formula is C17H20N4O. The molecule has 1 N–H and O–H groups in total. The molecule has 5 nitrogen and oxygen atoms in total. The highest BCUT2D eigenvalue weighted by atomic mass is 16.2. The number of amides is 1. The normalized spacial score (nSPS) is 26.3. The highest BCUT2D eigenvalue weighted by molar-refractivity contribution is 5.90. The Morgan fingerprint density at radius 2 is 2.05 bits per heavy atom. The molecule has 22 heavy (non-hydrogen) atoms. The molecule has 2 saturated carbocycles. The van der Waals surface area contributed by atoms with Crippen LogP contribution in [0.4, 0.5) is 0 Å². The van der Waals surface area contributed by atoms with Gasteiger partial charge in [-0.2, -0.15) is 0 Å². The standard InChI is InChI=1S/C17H20N4O/c1-11-18-16(20-21(11)14-5-3-2-4-6-14)17(22)19-15-10-12-7-8-13(15)9-12/h2-6,12-13,15H,7-10H2,1H3,(H,19,22)/t12-,13-,15-/m0/s1. The lowest BCUT2D eigenvalue weighted by molar-refractivity contribution is 0.0912. The van der Waals surface area contributed by atoms with E-state index in [1.165, 1.54) is 19.3 Å². The predicted molar refractivity (Wildman–Crippen MR) is 82.8 cm³/mol. The van der Waals surface area contributed by atoms with Gasteiger partial charge in [0, 0.05) is 6.04 Å². The van der Waals surface area contributed by atoms with Gasteiger partial charge in [-0.1, -0.05) is 24.6 Å². The number of rotatable bonds is 3. The average molecular weight is 296 g/mol. The van der Waals surface area contributed by atoms with Gasteiger partial charge in [0.15, 0.2) is 0 Å². The van der Waals surface area contributed by atoms with Gasteiger partial charge in [-0.3, -0.25) is 4.79 Å². The minimum absolute atomic E-state index is 0.143. The number of carbonyl (C=O) groups is 1. The van der Waals surface area contributed by atoms with Crippen molar-refractivity contribution in [3.63, 3.8) is 0 Å². The fourth-order valence-electron chi connectivity index (χ4n) is 3.95. The van der Waals surface area contributed by atoms with E-state index in [9.17, 15) is 4.79 Å². The molecule has 5 heteroatoms. The van der Waals surface area contributed by atoms with Crippen molar-refractivity contribution in [2.45, 2.75) is 38.6 Å². The van der Waals surface area contributed by atoms with Crippen molar-refractivity contribution in [3.8, 4) is 5.69 Å². The van der Waals surface area contributed by atoms with Crippen LogP contribution in [0.5, 0.6) is 0 Å². The van der Waals surface area contributed by atoms with Crippen LogP contribution in [0.1, 0.15) is 42.1 Å². The summed E-state index contributed by atoms with van der Waals surface area (Å²) in [5, 5.41) is 7.52. The summed E-state index contributed by atoms with van der Waals surface area (Å²) in [6, 6.07) is 10.1. The van der Waals surface area contributed by atoms with Crippen LogP contribution in [-0.2, 0) is 0 Å². The minimum Gasteiger partial charge on any atom is -0.346 e. The van der Waals surface area contributed by atoms with Crippen LogP contribution >= 0.6 is 0 Å². The van der Waals surface area contributed by atoms with Crippen LogP contribution in [0.3, 0.4) is 0 Å². The highest BCUT2D eigenvalue weighted by Gasteiger charge is 2.40. The lowest BCUT2D eigenvalue weighted by atomic mass is 9.95. The van der Waals surface area contributed by atoms with Crippen molar-refractivity contribution in [1.82, 2.24) is 20.1 Å². The van der Waals surface area contributed by atoms with Crippen LogP contribution in [-0.4, -0.2) is 26.7 Å². The summed E-state index contributed by atoms with van der Waals surface area (Å²) in [6.07, 6.45) is 4.97. The molecule has 4 rings (SSSR count). The molecule has 2 bridgehead atoms. The second kappa shape index (κ2) is 5.23. The maximum absolute atomic E-state index is 12.4. The monoisotopic (exact) mass is 296 g/mol. The first-order valence-corrected chi connectivity index (χ1v) is 8.00. The number of nitrogens with one attached hydrogen (secondary N) is 1. The Bertz CT molecular complexity index is 694. The molecule has 1 heterocycles. The van der Waals surface area contributed by atoms with Crippen LogP contribution in [0.25, 0.3) is 5.69 Å². The van der Waals surface area contributed by atoms with Gasteiger partial charge in [-0.25, -0.2) is 9.67 Å². The number of carbonyl (C=O) groups excluding carboxylic acids is 1. The van der Waals surface area contributed by atoms with E-state index < -0.39 is 0 Å². The topological polar surface area (TPSA) is 59.8 Å². The summed E-state index contributed by atoms with van der Waals surface area (Å²) in [5.74, 6) is 2.32. The summed E-state index contributed by atoms with van der Waals surface area (Å²) < 4.78 is 1.72. The molecule has 2 aliphatic carbocycles. The van der Waals surface area contributed by atoms with E-state index in [1.807, 2.05) is 37.3 Å². The lowest BCUT2D eigenvalue weighted by Gasteiger charge is -2.22. The quantitative estimate of drug-likeness (QED) is 0.946. The largest absolute Gasteiger partial charge is 0.346 e. The summed E-state index contributed by atoms with van der Waals surface area (Å²) in [4.78, 5) is 16.8. The number of aryl methyl sites for hydroxylation is 1. The van der Waals surface area contributed by atoms with Gasteiger partial charge >= 0.3 is 0 Å². The van der Waals surface area contributed by atoms with Crippen LogP contribution in [0.15, 0.2) is 30.3 Å². The number of nitrogens with zero attached hydrogens (tertiary/aromatic N) is 3. The number of hydrogen-bond donors (Lipinski definition) is 1. The minimum atomic E-state index is -0.143. The van der Waals surface area contributed by atoms with Crippen molar-refractivity contribution in [1.29, 1.82) is 0 Å². The molecule has 1 aromatic heterocycles. The van der Waals surface area contributed by atoms with Gasteiger partial charge in [0.05, 0.1) is 5.69 Å². The number of aromatic nitrogens is 3. The average Bonchev–Trinajstić information content (AvgIpc) is 3.23. The van der Waals surface area contributed by atoms with Gasteiger partial charge in [-0.05, 0) is 50.2 Å². The van der Waals surface area contributed by atoms with Crippen LogP contribution in [0, 0.1) is 18.8 Å². The molecular weight excluding hydrogens is 276 g/mol. The summed E-state index contributed by atoms with van der Waals surface area (Å²) in [7, 11) is 0. The molecule has 0 saturated heterocycles. The fraction of sp³-hybridized carbons (Fsp3) is 0.471. The zero-order valence-electron chi connectivity index (χ0n) is 12.7. The molecule has 0 unspecified atom stereocenters. The Labute approximate surface area is 129 Å². The second-order valence-corrected chi connectivity index (χ2v) is 6.48. The first-order valence-electron chi connectivity index (χ1n) is 8.00. The number of para-hydroxylation sites is 1. The molecule has 0 spiro atoms. The molecule has 2 fully saturated rings. The number of hydrogen-bond acceptors (Lipinski definition) is 3. The zero-order chi connectivity index (χ0) is 15.1. The molecule has 3 atom stereocenters. The third kappa shape index (κ3) is 2.30. The van der Waals surface area contributed by atoms with Gasteiger partial charge in [0.1, 0.15) is 5.82 Å². The molecule has 2 aromatic rings. The van der Waals surface area contributed by atoms with E-state index in [4.69, 9.17) is 0 Å². The van der Waals surface area contributed by atoms with Crippen molar-refractivity contribution in [2.75, 3.05) is 0 Å². The molecule has 2 aliphatic rings. The smallest absolute Gasteiger partial charge is 0.291 e. The molecule has 0 aliphatic heterocycles. The Balaban J connectivity index is 1.52. The summed E-state index contributed by atoms with van der Waals surface area (Å²) in [6.45, 7) is 1.87. The van der Waals surface area contributed by atoms with Crippen molar-refractivity contribution in [3.05, 3.63) is 42.0 Å². The van der Waals surface area contributed by atoms with Crippen molar-refractivity contribution >= 4 is 5.91 Å². The van der Waals surface area contributed by atoms with Crippen LogP contribution in [0.2, 0.25) is 0 Å². The fourth-order valence-corrected chi connectivity index (χ4v) is 3.95. The van der Waals surface area contributed by atoms with Gasteiger partial charge in [0.25, 0.3) is 5.91 Å². The Hall–Kier alpha value is -2.17. The van der Waals surface area contributed by atoms with E-state index in [0.717, 1.165) is 23.9 Å². The first-order chi connectivity index (χ1) is 10.7. The zero-order valence-corrected chi connectivity index (χ0v) is 12.7. The van der Waals surface area contributed by atoms with Crippen molar-refractivity contribution < 1.29 is 4.79 Å². The lowest BCUT2D eigenvalue weighted by Crippen LogP contribution is -2.39. The van der Waals surface area contributed by atoms with E-state index in [2.05, 4.69) is 15.4 Å². The van der Waals surface area contributed by atoms with E-state index in [0.29, 0.717) is 12.0 Å². The van der Waals surface area contributed by atoms with Gasteiger partial charge in [0.2, 0.25) is 5.82 Å². The van der Waals surface area contributed by atoms with E-state index in [1.54, 1.807) is 4.68 Å². The Morgan fingerprint density at radius 3 is 2.73 bits per heavy atom.